The Morgan fingerprint density at radius 2 is 1.42 bits per heavy atom. The fourth-order valence-electron chi connectivity index (χ4n) is 2.08. The first-order valence-corrected chi connectivity index (χ1v) is 8.17. The predicted molar refractivity (Wildman–Crippen MR) is 81.1 cm³/mol. The molecule has 0 saturated carbocycles. The van der Waals surface area contributed by atoms with Crippen LogP contribution in [0.5, 0.6) is 0 Å². The number of unbranched alkanes of at least 4 members (excludes halogenated alkanes) is 9. The summed E-state index contributed by atoms with van der Waals surface area (Å²) in [6, 6.07) is 0. The van der Waals surface area contributed by atoms with Crippen molar-refractivity contribution in [3.8, 4) is 0 Å². The van der Waals surface area contributed by atoms with Gasteiger partial charge in [0.25, 0.3) is 0 Å². The molecule has 0 aliphatic rings. The molecule has 0 spiro atoms. The highest BCUT2D eigenvalue weighted by molar-refractivity contribution is 5.69. The Balaban J connectivity index is 3.10. The maximum Gasteiger partial charge on any atom is 0.305 e. The van der Waals surface area contributed by atoms with Crippen molar-refractivity contribution >= 4 is 5.97 Å². The van der Waals surface area contributed by atoms with Gasteiger partial charge in [0.2, 0.25) is 0 Å². The first-order valence-electron chi connectivity index (χ1n) is 8.17. The minimum Gasteiger partial charge on any atom is -0.466 e. The van der Waals surface area contributed by atoms with Crippen molar-refractivity contribution in [3.63, 3.8) is 0 Å². The zero-order chi connectivity index (χ0) is 14.2. The second-order valence-electron chi connectivity index (χ2n) is 5.29. The summed E-state index contributed by atoms with van der Waals surface area (Å²) in [4.78, 5) is 11.4. The molecule has 114 valence electrons. The van der Waals surface area contributed by atoms with E-state index in [-0.39, 0.29) is 5.97 Å². The van der Waals surface area contributed by atoms with Crippen LogP contribution >= 0.6 is 0 Å². The monoisotopic (exact) mass is 271 g/mol. The molecule has 0 unspecified atom stereocenters. The third kappa shape index (κ3) is 15.4. The molecule has 0 aromatic heterocycles. The number of nitrogens with two attached hydrogens (primary N) is 1. The van der Waals surface area contributed by atoms with Crippen LogP contribution in [0.25, 0.3) is 0 Å². The molecular formula is C16H33NO2. The summed E-state index contributed by atoms with van der Waals surface area (Å²) in [7, 11) is 0. The molecule has 2 N–H and O–H groups in total. The zero-order valence-electron chi connectivity index (χ0n) is 12.8. The average Bonchev–Trinajstić information content (AvgIpc) is 2.42. The lowest BCUT2D eigenvalue weighted by Gasteiger charge is -2.04. The van der Waals surface area contributed by atoms with Crippen molar-refractivity contribution < 1.29 is 9.53 Å². The Labute approximate surface area is 119 Å². The second-order valence-corrected chi connectivity index (χ2v) is 5.29. The molecule has 19 heavy (non-hydrogen) atoms. The summed E-state index contributed by atoms with van der Waals surface area (Å²) in [6.07, 6.45) is 13.9. The van der Waals surface area contributed by atoms with Gasteiger partial charge in [-0.2, -0.15) is 0 Å². The van der Waals surface area contributed by atoms with E-state index in [1.807, 2.05) is 0 Å². The Kier molecular flexibility index (Phi) is 15.0. The van der Waals surface area contributed by atoms with Gasteiger partial charge in [0, 0.05) is 6.42 Å². The van der Waals surface area contributed by atoms with Crippen LogP contribution in [0.3, 0.4) is 0 Å². The number of esters is 1. The highest BCUT2D eigenvalue weighted by Crippen LogP contribution is 2.10. The van der Waals surface area contributed by atoms with Crippen molar-refractivity contribution in [1.29, 1.82) is 0 Å². The van der Waals surface area contributed by atoms with E-state index >= 15 is 0 Å². The quantitative estimate of drug-likeness (QED) is 0.381. The predicted octanol–water partition coefficient (Wildman–Crippen LogP) is 4.19. The number of rotatable bonds is 14. The van der Waals surface area contributed by atoms with Crippen LogP contribution in [-0.2, 0) is 9.53 Å². The van der Waals surface area contributed by atoms with E-state index in [1.54, 1.807) is 0 Å². The number of ether oxygens (including phenoxy) is 1. The van der Waals surface area contributed by atoms with E-state index in [9.17, 15) is 4.79 Å². The van der Waals surface area contributed by atoms with Gasteiger partial charge in [-0.15, -0.1) is 0 Å². The van der Waals surface area contributed by atoms with Gasteiger partial charge in [-0.25, -0.2) is 0 Å². The Morgan fingerprint density at radius 1 is 0.842 bits per heavy atom. The van der Waals surface area contributed by atoms with Crippen LogP contribution in [-0.4, -0.2) is 19.1 Å². The van der Waals surface area contributed by atoms with Crippen LogP contribution in [0.4, 0.5) is 0 Å². The zero-order valence-corrected chi connectivity index (χ0v) is 12.8. The summed E-state index contributed by atoms with van der Waals surface area (Å²) in [5.74, 6) is -0.0417. The van der Waals surface area contributed by atoms with E-state index in [0.29, 0.717) is 19.6 Å². The van der Waals surface area contributed by atoms with Gasteiger partial charge in [0.1, 0.15) is 0 Å². The highest BCUT2D eigenvalue weighted by Gasteiger charge is 2.01. The molecular weight excluding hydrogens is 238 g/mol. The van der Waals surface area contributed by atoms with Gasteiger partial charge in [-0.05, 0) is 25.8 Å². The lowest BCUT2D eigenvalue weighted by atomic mass is 10.1. The molecule has 0 heterocycles. The van der Waals surface area contributed by atoms with E-state index in [4.69, 9.17) is 10.5 Å². The lowest BCUT2D eigenvalue weighted by Crippen LogP contribution is -2.07. The molecule has 0 bridgehead atoms. The third-order valence-corrected chi connectivity index (χ3v) is 3.35. The van der Waals surface area contributed by atoms with Gasteiger partial charge in [0.05, 0.1) is 6.61 Å². The van der Waals surface area contributed by atoms with Crippen LogP contribution in [0, 0.1) is 0 Å². The molecule has 3 heteroatoms. The molecule has 3 nitrogen and oxygen atoms in total. The van der Waals surface area contributed by atoms with Gasteiger partial charge in [-0.3, -0.25) is 4.79 Å². The molecule has 0 saturated heterocycles. The van der Waals surface area contributed by atoms with Crippen molar-refractivity contribution in [1.82, 2.24) is 0 Å². The van der Waals surface area contributed by atoms with E-state index in [2.05, 4.69) is 6.92 Å². The van der Waals surface area contributed by atoms with Crippen LogP contribution in [0.1, 0.15) is 84.0 Å². The summed E-state index contributed by atoms with van der Waals surface area (Å²) in [5, 5.41) is 0. The number of carbonyl (C=O) groups excluding carboxylic acids is 1. The van der Waals surface area contributed by atoms with Gasteiger partial charge in [-0.1, -0.05) is 58.3 Å². The van der Waals surface area contributed by atoms with Crippen molar-refractivity contribution in [2.75, 3.05) is 13.2 Å². The van der Waals surface area contributed by atoms with Crippen molar-refractivity contribution in [2.24, 2.45) is 5.73 Å². The molecule has 0 aromatic carbocycles. The standard InChI is InChI=1S/C16H33NO2/c1-2-3-4-5-6-7-8-9-10-13-16(18)19-15-12-11-14-17/h2-15,17H2,1H3. The van der Waals surface area contributed by atoms with E-state index in [0.717, 1.165) is 25.7 Å². The molecule has 0 aliphatic carbocycles. The molecule has 0 rings (SSSR count). The number of carbonyl (C=O) groups is 1. The Hall–Kier alpha value is -0.570. The van der Waals surface area contributed by atoms with Crippen LogP contribution in [0.15, 0.2) is 0 Å². The maximum absolute atomic E-state index is 11.4. The van der Waals surface area contributed by atoms with E-state index in [1.165, 1.54) is 44.9 Å². The average molecular weight is 271 g/mol. The fourth-order valence-corrected chi connectivity index (χ4v) is 2.08. The minimum absolute atomic E-state index is 0.0417. The Bertz CT molecular complexity index is 195. The number of hydrogen-bond acceptors (Lipinski definition) is 3. The lowest BCUT2D eigenvalue weighted by molar-refractivity contribution is -0.143. The summed E-state index contributed by atoms with van der Waals surface area (Å²) in [5.41, 5.74) is 5.37. The summed E-state index contributed by atoms with van der Waals surface area (Å²) in [6.45, 7) is 3.46. The molecule has 0 fully saturated rings. The van der Waals surface area contributed by atoms with Crippen molar-refractivity contribution in [2.45, 2.75) is 84.0 Å². The van der Waals surface area contributed by atoms with Gasteiger partial charge >= 0.3 is 5.97 Å². The summed E-state index contributed by atoms with van der Waals surface area (Å²) < 4.78 is 5.12. The second kappa shape index (κ2) is 15.5. The first-order chi connectivity index (χ1) is 9.31. The Morgan fingerprint density at radius 3 is 2.00 bits per heavy atom. The number of hydrogen-bond donors (Lipinski definition) is 1. The molecule has 0 aromatic rings. The SMILES string of the molecule is CCCCCCCCCCCC(=O)OCCCCN. The van der Waals surface area contributed by atoms with Crippen LogP contribution in [0.2, 0.25) is 0 Å². The molecule has 0 amide bonds. The molecule has 0 radical (unpaired) electrons. The normalized spacial score (nSPS) is 10.6. The van der Waals surface area contributed by atoms with Crippen LogP contribution < -0.4 is 5.73 Å². The topological polar surface area (TPSA) is 52.3 Å². The van der Waals surface area contributed by atoms with E-state index < -0.39 is 0 Å². The minimum atomic E-state index is -0.0417. The van der Waals surface area contributed by atoms with Crippen molar-refractivity contribution in [3.05, 3.63) is 0 Å². The van der Waals surface area contributed by atoms with Gasteiger partial charge < -0.3 is 10.5 Å². The largest absolute Gasteiger partial charge is 0.466 e. The highest BCUT2D eigenvalue weighted by atomic mass is 16.5. The maximum atomic E-state index is 11.4. The third-order valence-electron chi connectivity index (χ3n) is 3.35. The smallest absolute Gasteiger partial charge is 0.305 e. The molecule has 0 aliphatic heterocycles. The molecule has 0 atom stereocenters. The fraction of sp³-hybridized carbons (Fsp3) is 0.938. The van der Waals surface area contributed by atoms with Gasteiger partial charge in [0.15, 0.2) is 0 Å². The summed E-state index contributed by atoms with van der Waals surface area (Å²) >= 11 is 0. The first kappa shape index (κ1) is 18.4.